The molecule has 3 amide bonds. The van der Waals surface area contributed by atoms with E-state index in [1.165, 1.54) is 18.2 Å². The molecule has 0 unspecified atom stereocenters. The predicted molar refractivity (Wildman–Crippen MR) is 106 cm³/mol. The van der Waals surface area contributed by atoms with Gasteiger partial charge in [-0.05, 0) is 44.2 Å². The molecule has 0 saturated carbocycles. The number of rotatable bonds is 7. The summed E-state index contributed by atoms with van der Waals surface area (Å²) in [6, 6.07) is 7.02. The van der Waals surface area contributed by atoms with Crippen LogP contribution in [0.4, 0.5) is 14.5 Å². The zero-order chi connectivity index (χ0) is 21.6. The van der Waals surface area contributed by atoms with Crippen molar-refractivity contribution in [1.29, 1.82) is 0 Å². The Bertz CT molecular complexity index is 935. The molecule has 0 aliphatic heterocycles. The van der Waals surface area contributed by atoms with Gasteiger partial charge >= 0.3 is 0 Å². The third-order valence-corrected chi connectivity index (χ3v) is 4.07. The van der Waals surface area contributed by atoms with Gasteiger partial charge in [-0.25, -0.2) is 8.78 Å². The largest absolute Gasteiger partial charge is 0.351 e. The van der Waals surface area contributed by atoms with E-state index in [0.29, 0.717) is 11.6 Å². The van der Waals surface area contributed by atoms with Gasteiger partial charge in [0.15, 0.2) is 0 Å². The third kappa shape index (κ3) is 6.53. The lowest BCUT2D eigenvalue weighted by Gasteiger charge is -2.12. The number of carbonyl (C=O) groups excluding carboxylic acids is 3. The molecule has 2 rings (SSSR count). The van der Waals surface area contributed by atoms with E-state index in [9.17, 15) is 23.2 Å². The van der Waals surface area contributed by atoms with Crippen molar-refractivity contribution < 1.29 is 23.2 Å². The van der Waals surface area contributed by atoms with Crippen LogP contribution in [-0.4, -0.2) is 30.3 Å². The lowest BCUT2D eigenvalue weighted by Crippen LogP contribution is -2.30. The molecule has 0 saturated heterocycles. The number of amides is 3. The second kappa shape index (κ2) is 9.97. The van der Waals surface area contributed by atoms with Gasteiger partial charge in [-0.1, -0.05) is 11.6 Å². The molecular weight excluding hydrogens is 404 g/mol. The Morgan fingerprint density at radius 2 is 1.76 bits per heavy atom. The van der Waals surface area contributed by atoms with Crippen molar-refractivity contribution in [3.63, 3.8) is 0 Å². The lowest BCUT2D eigenvalue weighted by molar-refractivity contribution is -0.116. The highest BCUT2D eigenvalue weighted by atomic mass is 35.5. The molecule has 9 heteroatoms. The van der Waals surface area contributed by atoms with Crippen molar-refractivity contribution in [2.75, 3.05) is 11.9 Å². The van der Waals surface area contributed by atoms with E-state index in [4.69, 9.17) is 11.6 Å². The van der Waals surface area contributed by atoms with Gasteiger partial charge in [-0.15, -0.1) is 0 Å². The number of hydrogen-bond acceptors (Lipinski definition) is 3. The Morgan fingerprint density at radius 1 is 1.03 bits per heavy atom. The third-order valence-electron chi connectivity index (χ3n) is 3.74. The van der Waals surface area contributed by atoms with Crippen LogP contribution in [0.3, 0.4) is 0 Å². The molecule has 2 aromatic rings. The van der Waals surface area contributed by atoms with Gasteiger partial charge in [0.25, 0.3) is 11.8 Å². The fourth-order valence-corrected chi connectivity index (χ4v) is 2.54. The van der Waals surface area contributed by atoms with Gasteiger partial charge < -0.3 is 16.0 Å². The highest BCUT2D eigenvalue weighted by Gasteiger charge is 2.14. The fourth-order valence-electron chi connectivity index (χ4n) is 2.38. The average molecular weight is 424 g/mol. The quantitative estimate of drug-likeness (QED) is 0.636. The fraction of sp³-hybridized carbons (Fsp3) is 0.250. The molecule has 0 heterocycles. The minimum absolute atomic E-state index is 0.0502. The van der Waals surface area contributed by atoms with Crippen LogP contribution in [0.25, 0.3) is 0 Å². The molecule has 154 valence electrons. The molecular formula is C20H20ClF2N3O3. The summed E-state index contributed by atoms with van der Waals surface area (Å²) in [5, 5.41) is 7.93. The van der Waals surface area contributed by atoms with Crippen LogP contribution >= 0.6 is 11.6 Å². The number of nitrogens with one attached hydrogen (secondary N) is 3. The van der Waals surface area contributed by atoms with Crippen LogP contribution in [0.2, 0.25) is 5.02 Å². The number of hydrogen-bond donors (Lipinski definition) is 3. The molecule has 0 aliphatic rings. The topological polar surface area (TPSA) is 87.3 Å². The summed E-state index contributed by atoms with van der Waals surface area (Å²) < 4.78 is 26.5. The highest BCUT2D eigenvalue weighted by Crippen LogP contribution is 2.23. The Morgan fingerprint density at radius 3 is 2.41 bits per heavy atom. The van der Waals surface area contributed by atoms with Crippen LogP contribution in [0.15, 0.2) is 36.4 Å². The van der Waals surface area contributed by atoms with Gasteiger partial charge in [0, 0.05) is 30.6 Å². The van der Waals surface area contributed by atoms with Crippen LogP contribution in [0.5, 0.6) is 0 Å². The van der Waals surface area contributed by atoms with E-state index in [1.54, 1.807) is 0 Å². The minimum atomic E-state index is -0.991. The maximum atomic E-state index is 13.6. The van der Waals surface area contributed by atoms with Gasteiger partial charge in [-0.3, -0.25) is 14.4 Å². The molecule has 0 aromatic heterocycles. The first-order chi connectivity index (χ1) is 13.7. The molecule has 2 aromatic carbocycles. The normalized spacial score (nSPS) is 10.6. The predicted octanol–water partition coefficient (Wildman–Crippen LogP) is 3.52. The number of halogens is 3. The van der Waals surface area contributed by atoms with E-state index < -0.39 is 23.4 Å². The van der Waals surface area contributed by atoms with Gasteiger partial charge in [-0.2, -0.15) is 0 Å². The van der Waals surface area contributed by atoms with E-state index >= 15 is 0 Å². The molecule has 29 heavy (non-hydrogen) atoms. The standard InChI is InChI=1S/C20H20ClF2N3O3/c1-11(2)25-19(28)12-3-6-15(21)17(9-12)26-18(27)7-8-24-20(29)14-5-4-13(22)10-16(14)23/h3-6,9-11H,7-8H2,1-2H3,(H,24,29)(H,25,28)(H,26,27). The van der Waals surface area contributed by atoms with E-state index in [-0.39, 0.29) is 41.2 Å². The van der Waals surface area contributed by atoms with Crippen LogP contribution in [0, 0.1) is 11.6 Å². The van der Waals surface area contributed by atoms with Crippen molar-refractivity contribution >= 4 is 35.0 Å². The summed E-state index contributed by atoms with van der Waals surface area (Å²) in [7, 11) is 0. The average Bonchev–Trinajstić information content (AvgIpc) is 2.62. The Labute approximate surface area is 171 Å². The SMILES string of the molecule is CC(C)NC(=O)c1ccc(Cl)c(NC(=O)CCNC(=O)c2ccc(F)cc2F)c1. The van der Waals surface area contributed by atoms with Crippen molar-refractivity contribution in [2.24, 2.45) is 0 Å². The summed E-state index contributed by atoms with van der Waals surface area (Å²) in [5.74, 6) is -3.32. The summed E-state index contributed by atoms with van der Waals surface area (Å²) >= 11 is 6.06. The highest BCUT2D eigenvalue weighted by molar-refractivity contribution is 6.33. The second-order valence-electron chi connectivity index (χ2n) is 6.50. The molecule has 0 fully saturated rings. The van der Waals surface area contributed by atoms with E-state index in [2.05, 4.69) is 16.0 Å². The van der Waals surface area contributed by atoms with Crippen LogP contribution in [0.1, 0.15) is 41.0 Å². The van der Waals surface area contributed by atoms with E-state index in [1.807, 2.05) is 13.8 Å². The Balaban J connectivity index is 1.92. The van der Waals surface area contributed by atoms with Crippen LogP contribution < -0.4 is 16.0 Å². The first-order valence-corrected chi connectivity index (χ1v) is 9.18. The minimum Gasteiger partial charge on any atom is -0.351 e. The number of anilines is 1. The Kier molecular flexibility index (Phi) is 7.67. The van der Waals surface area contributed by atoms with Gasteiger partial charge in [0.05, 0.1) is 16.3 Å². The molecule has 6 nitrogen and oxygen atoms in total. The zero-order valence-electron chi connectivity index (χ0n) is 15.8. The maximum absolute atomic E-state index is 13.6. The van der Waals surface area contributed by atoms with Crippen LogP contribution in [-0.2, 0) is 4.79 Å². The lowest BCUT2D eigenvalue weighted by atomic mass is 10.1. The van der Waals surface area contributed by atoms with Crippen molar-refractivity contribution in [1.82, 2.24) is 10.6 Å². The van der Waals surface area contributed by atoms with Crippen molar-refractivity contribution in [3.05, 3.63) is 64.2 Å². The molecule has 0 spiro atoms. The summed E-state index contributed by atoms with van der Waals surface area (Å²) in [5.41, 5.74) is 0.265. The van der Waals surface area contributed by atoms with Crippen molar-refractivity contribution in [3.8, 4) is 0 Å². The van der Waals surface area contributed by atoms with Gasteiger partial charge in [0.2, 0.25) is 5.91 Å². The molecule has 0 aliphatic carbocycles. The van der Waals surface area contributed by atoms with Crippen molar-refractivity contribution in [2.45, 2.75) is 26.3 Å². The summed E-state index contributed by atoms with van der Waals surface area (Å²) in [6.45, 7) is 3.57. The molecule has 0 radical (unpaired) electrons. The smallest absolute Gasteiger partial charge is 0.254 e. The summed E-state index contributed by atoms with van der Waals surface area (Å²) in [4.78, 5) is 36.1. The zero-order valence-corrected chi connectivity index (χ0v) is 16.6. The molecule has 0 atom stereocenters. The molecule has 0 bridgehead atoms. The van der Waals surface area contributed by atoms with E-state index in [0.717, 1.165) is 12.1 Å². The second-order valence-corrected chi connectivity index (χ2v) is 6.91. The number of carbonyl (C=O) groups is 3. The monoisotopic (exact) mass is 423 g/mol. The maximum Gasteiger partial charge on any atom is 0.254 e. The summed E-state index contributed by atoms with van der Waals surface area (Å²) in [6.07, 6.45) is -0.118. The van der Waals surface area contributed by atoms with Gasteiger partial charge in [0.1, 0.15) is 11.6 Å². The Hall–Kier alpha value is -3.00. The number of benzene rings is 2. The molecule has 3 N–H and O–H groups in total. The first kappa shape index (κ1) is 22.3. The first-order valence-electron chi connectivity index (χ1n) is 8.81.